The molecule has 3 rings (SSSR count). The number of hydrogen-bond acceptors (Lipinski definition) is 2. The van der Waals surface area contributed by atoms with Crippen molar-refractivity contribution in [3.8, 4) is 22.4 Å². The van der Waals surface area contributed by atoms with Crippen LogP contribution in [0.1, 0.15) is 0 Å². The largest absolute Gasteiger partial charge is 0.275 e. The monoisotopic (exact) mass is 269 g/mol. The second-order valence-corrected chi connectivity index (χ2v) is 4.75. The average Bonchev–Trinajstić information content (AvgIpc) is 2.82. The summed E-state index contributed by atoms with van der Waals surface area (Å²) in [6.45, 7) is 0. The first kappa shape index (κ1) is 11.9. The fraction of sp³-hybridized carbons (Fsp3) is 0.0667. The highest BCUT2D eigenvalue weighted by atomic mass is 35.5. The molecular weight excluding hydrogens is 258 g/mol. The van der Waals surface area contributed by atoms with Gasteiger partial charge >= 0.3 is 0 Å². The van der Waals surface area contributed by atoms with Crippen LogP contribution in [0.5, 0.6) is 0 Å². The van der Waals surface area contributed by atoms with E-state index in [9.17, 15) is 0 Å². The van der Waals surface area contributed by atoms with Crippen LogP contribution in [0.15, 0.2) is 55.0 Å². The minimum absolute atomic E-state index is 0.712. The van der Waals surface area contributed by atoms with E-state index in [1.807, 2.05) is 54.3 Å². The van der Waals surface area contributed by atoms with E-state index in [4.69, 9.17) is 11.6 Å². The van der Waals surface area contributed by atoms with Crippen molar-refractivity contribution in [3.63, 3.8) is 0 Å². The van der Waals surface area contributed by atoms with Crippen LogP contribution in [0, 0.1) is 0 Å². The van der Waals surface area contributed by atoms with Gasteiger partial charge in [-0.3, -0.25) is 9.67 Å². The summed E-state index contributed by atoms with van der Waals surface area (Å²) in [7, 11) is 1.92. The molecule has 0 radical (unpaired) electrons. The molecule has 0 bridgehead atoms. The Labute approximate surface area is 116 Å². The van der Waals surface area contributed by atoms with Gasteiger partial charge < -0.3 is 0 Å². The quantitative estimate of drug-likeness (QED) is 0.708. The Morgan fingerprint density at radius 3 is 2.58 bits per heavy atom. The molecule has 0 aliphatic heterocycles. The SMILES string of the molecule is Cn1cc(-c2ccncc2)c(-c2cccc(Cl)c2)n1. The van der Waals surface area contributed by atoms with Gasteiger partial charge in [-0.05, 0) is 29.8 Å². The van der Waals surface area contributed by atoms with Gasteiger partial charge in [-0.15, -0.1) is 0 Å². The van der Waals surface area contributed by atoms with Crippen LogP contribution in [-0.4, -0.2) is 14.8 Å². The minimum atomic E-state index is 0.712. The number of benzene rings is 1. The van der Waals surface area contributed by atoms with E-state index in [1.54, 1.807) is 12.4 Å². The van der Waals surface area contributed by atoms with Crippen molar-refractivity contribution in [1.82, 2.24) is 14.8 Å². The van der Waals surface area contributed by atoms with Crippen LogP contribution in [0.3, 0.4) is 0 Å². The van der Waals surface area contributed by atoms with Crippen molar-refractivity contribution >= 4 is 11.6 Å². The Kier molecular flexibility index (Phi) is 3.05. The molecule has 0 aliphatic carbocycles. The summed E-state index contributed by atoms with van der Waals surface area (Å²) < 4.78 is 1.81. The fourth-order valence-electron chi connectivity index (χ4n) is 2.08. The molecule has 0 aliphatic rings. The number of nitrogens with zero attached hydrogens (tertiary/aromatic N) is 3. The lowest BCUT2D eigenvalue weighted by Gasteiger charge is -2.02. The van der Waals surface area contributed by atoms with E-state index in [-0.39, 0.29) is 0 Å². The Morgan fingerprint density at radius 2 is 1.84 bits per heavy atom. The lowest BCUT2D eigenvalue weighted by molar-refractivity contribution is 0.771. The molecule has 0 atom stereocenters. The van der Waals surface area contributed by atoms with Gasteiger partial charge in [-0.1, -0.05) is 23.7 Å². The second-order valence-electron chi connectivity index (χ2n) is 4.31. The molecule has 0 spiro atoms. The van der Waals surface area contributed by atoms with E-state index in [1.165, 1.54) is 0 Å². The number of halogens is 1. The van der Waals surface area contributed by atoms with E-state index >= 15 is 0 Å². The van der Waals surface area contributed by atoms with Crippen molar-refractivity contribution < 1.29 is 0 Å². The van der Waals surface area contributed by atoms with Crippen molar-refractivity contribution in [3.05, 3.63) is 60.0 Å². The van der Waals surface area contributed by atoms with Gasteiger partial charge in [0.2, 0.25) is 0 Å². The van der Waals surface area contributed by atoms with Crippen molar-refractivity contribution in [1.29, 1.82) is 0 Å². The van der Waals surface area contributed by atoms with Gasteiger partial charge in [0, 0.05) is 41.8 Å². The maximum absolute atomic E-state index is 6.06. The van der Waals surface area contributed by atoms with Gasteiger partial charge in [0.1, 0.15) is 5.69 Å². The summed E-state index contributed by atoms with van der Waals surface area (Å²) in [5, 5.41) is 5.25. The topological polar surface area (TPSA) is 30.7 Å². The zero-order chi connectivity index (χ0) is 13.2. The van der Waals surface area contributed by atoms with Gasteiger partial charge in [0.15, 0.2) is 0 Å². The van der Waals surface area contributed by atoms with Crippen LogP contribution in [-0.2, 0) is 7.05 Å². The number of rotatable bonds is 2. The molecule has 19 heavy (non-hydrogen) atoms. The van der Waals surface area contributed by atoms with E-state index in [0.717, 1.165) is 22.4 Å². The van der Waals surface area contributed by atoms with Crippen LogP contribution >= 0.6 is 11.6 Å². The summed E-state index contributed by atoms with van der Waals surface area (Å²) in [6.07, 6.45) is 5.57. The van der Waals surface area contributed by atoms with Crippen LogP contribution in [0.25, 0.3) is 22.4 Å². The van der Waals surface area contributed by atoms with Crippen molar-refractivity contribution in [2.24, 2.45) is 7.05 Å². The van der Waals surface area contributed by atoms with Gasteiger partial charge in [0.25, 0.3) is 0 Å². The second kappa shape index (κ2) is 4.86. The van der Waals surface area contributed by atoms with Crippen LogP contribution in [0.4, 0.5) is 0 Å². The summed E-state index contributed by atoms with van der Waals surface area (Å²) in [6, 6.07) is 11.7. The van der Waals surface area contributed by atoms with Gasteiger partial charge in [-0.25, -0.2) is 0 Å². The molecule has 0 saturated carbocycles. The summed E-state index contributed by atoms with van der Waals surface area (Å²) >= 11 is 6.06. The Morgan fingerprint density at radius 1 is 1.05 bits per heavy atom. The lowest BCUT2D eigenvalue weighted by Crippen LogP contribution is -1.87. The number of pyridine rings is 1. The highest BCUT2D eigenvalue weighted by Crippen LogP contribution is 2.31. The van der Waals surface area contributed by atoms with E-state index < -0.39 is 0 Å². The van der Waals surface area contributed by atoms with Gasteiger partial charge in [0.05, 0.1) is 0 Å². The molecule has 1 aromatic carbocycles. The van der Waals surface area contributed by atoms with Crippen LogP contribution < -0.4 is 0 Å². The van der Waals surface area contributed by atoms with E-state index in [0.29, 0.717) is 5.02 Å². The normalized spacial score (nSPS) is 10.6. The first-order valence-corrected chi connectivity index (χ1v) is 6.32. The molecule has 0 fully saturated rings. The third-order valence-corrected chi connectivity index (χ3v) is 3.15. The molecule has 2 aromatic heterocycles. The first-order valence-electron chi connectivity index (χ1n) is 5.94. The van der Waals surface area contributed by atoms with Gasteiger partial charge in [-0.2, -0.15) is 5.10 Å². The third kappa shape index (κ3) is 2.37. The summed E-state index contributed by atoms with van der Waals surface area (Å²) in [5.41, 5.74) is 4.11. The maximum Gasteiger partial charge on any atom is 0.100 e. The third-order valence-electron chi connectivity index (χ3n) is 2.92. The predicted molar refractivity (Wildman–Crippen MR) is 76.9 cm³/mol. The minimum Gasteiger partial charge on any atom is -0.275 e. The lowest BCUT2D eigenvalue weighted by atomic mass is 10.0. The average molecular weight is 270 g/mol. The maximum atomic E-state index is 6.06. The number of aromatic nitrogens is 3. The molecule has 3 nitrogen and oxygen atoms in total. The zero-order valence-corrected chi connectivity index (χ0v) is 11.2. The number of aryl methyl sites for hydroxylation is 1. The summed E-state index contributed by atoms with van der Waals surface area (Å²) in [4.78, 5) is 4.05. The standard InChI is InChI=1S/C15H12ClN3/c1-19-10-14(11-5-7-17-8-6-11)15(18-19)12-3-2-4-13(16)9-12/h2-10H,1H3. The van der Waals surface area contributed by atoms with Crippen LogP contribution in [0.2, 0.25) is 5.02 Å². The molecule has 0 unspecified atom stereocenters. The van der Waals surface area contributed by atoms with Crippen molar-refractivity contribution in [2.75, 3.05) is 0 Å². The Balaban J connectivity index is 2.18. The molecule has 3 aromatic rings. The highest BCUT2D eigenvalue weighted by molar-refractivity contribution is 6.30. The van der Waals surface area contributed by atoms with Crippen molar-refractivity contribution in [2.45, 2.75) is 0 Å². The molecular formula is C15H12ClN3. The highest BCUT2D eigenvalue weighted by Gasteiger charge is 2.12. The first-order chi connectivity index (χ1) is 9.24. The Hall–Kier alpha value is -2.13. The zero-order valence-electron chi connectivity index (χ0n) is 10.4. The summed E-state index contributed by atoms with van der Waals surface area (Å²) in [5.74, 6) is 0. The molecule has 4 heteroatoms. The molecule has 0 N–H and O–H groups in total. The van der Waals surface area contributed by atoms with E-state index in [2.05, 4.69) is 10.1 Å². The molecule has 2 heterocycles. The molecule has 94 valence electrons. The number of hydrogen-bond donors (Lipinski definition) is 0. The molecule has 0 saturated heterocycles. The molecule has 0 amide bonds. The predicted octanol–water partition coefficient (Wildman–Crippen LogP) is 3.80. The smallest absolute Gasteiger partial charge is 0.100 e. The fourth-order valence-corrected chi connectivity index (χ4v) is 2.27. The Bertz CT molecular complexity index is 704.